The molecule has 0 spiro atoms. The topological polar surface area (TPSA) is 61.0 Å². The summed E-state index contributed by atoms with van der Waals surface area (Å²) in [6.07, 6.45) is -3.38. The smallest absolute Gasteiger partial charge is 0.471 e. The van der Waals surface area contributed by atoms with Crippen molar-refractivity contribution >= 4 is 11.6 Å². The van der Waals surface area contributed by atoms with Crippen LogP contribution in [0.3, 0.4) is 0 Å². The molecule has 0 fully saturated rings. The number of ether oxygens (including phenoxy) is 1. The fourth-order valence-corrected chi connectivity index (χ4v) is 2.00. The Labute approximate surface area is 143 Å². The molecular weight excluding hydrogens is 366 g/mol. The number of alkyl halides is 3. The van der Waals surface area contributed by atoms with E-state index in [1.165, 1.54) is 24.4 Å². The van der Waals surface area contributed by atoms with Gasteiger partial charge in [-0.25, -0.2) is 9.37 Å². The lowest BCUT2D eigenvalue weighted by Gasteiger charge is -2.07. The molecule has 3 aromatic rings. The highest BCUT2D eigenvalue weighted by Crippen LogP contribution is 2.30. The molecule has 2 aromatic heterocycles. The zero-order valence-electron chi connectivity index (χ0n) is 12.2. The minimum Gasteiger partial charge on any atom is -0.487 e. The van der Waals surface area contributed by atoms with Crippen LogP contribution in [0.2, 0.25) is 5.15 Å². The maximum absolute atomic E-state index is 14.1. The molecule has 0 amide bonds. The van der Waals surface area contributed by atoms with Crippen LogP contribution < -0.4 is 4.74 Å². The number of aromatic nitrogens is 3. The van der Waals surface area contributed by atoms with Crippen molar-refractivity contribution in [1.82, 2.24) is 15.1 Å². The summed E-state index contributed by atoms with van der Waals surface area (Å²) in [6.45, 7) is 0.0283. The Morgan fingerprint density at radius 3 is 2.56 bits per heavy atom. The van der Waals surface area contributed by atoms with E-state index in [2.05, 4.69) is 19.6 Å². The standard InChI is InChI=1S/C15H8ClF4N3O2/c16-12-4-2-9(6-21-12)24-7-8-1-3-10(11(17)5-8)13-22-14(25-23-13)15(18,19)20/h1-6H,7H2. The Balaban J connectivity index is 1.74. The molecule has 0 atom stereocenters. The second-order valence-corrected chi connectivity index (χ2v) is 5.23. The van der Waals surface area contributed by atoms with Gasteiger partial charge in [0.1, 0.15) is 23.3 Å². The number of nitrogens with zero attached hydrogens (tertiary/aromatic N) is 3. The van der Waals surface area contributed by atoms with E-state index in [1.54, 1.807) is 6.07 Å². The summed E-state index contributed by atoms with van der Waals surface area (Å²) in [7, 11) is 0. The Morgan fingerprint density at radius 2 is 1.96 bits per heavy atom. The van der Waals surface area contributed by atoms with Crippen LogP contribution in [0.1, 0.15) is 11.5 Å². The molecule has 0 unspecified atom stereocenters. The van der Waals surface area contributed by atoms with Crippen LogP contribution in [0.25, 0.3) is 11.4 Å². The highest BCUT2D eigenvalue weighted by atomic mass is 35.5. The van der Waals surface area contributed by atoms with Crippen molar-refractivity contribution in [3.63, 3.8) is 0 Å². The third-order valence-corrected chi connectivity index (χ3v) is 3.27. The molecule has 3 rings (SSSR count). The summed E-state index contributed by atoms with van der Waals surface area (Å²) in [6, 6.07) is 6.97. The van der Waals surface area contributed by atoms with E-state index in [4.69, 9.17) is 16.3 Å². The minimum atomic E-state index is -4.79. The number of hydrogen-bond acceptors (Lipinski definition) is 5. The van der Waals surface area contributed by atoms with Crippen LogP contribution in [0.4, 0.5) is 17.6 Å². The third kappa shape index (κ3) is 4.05. The SMILES string of the molecule is Fc1cc(COc2ccc(Cl)nc2)ccc1-c1noc(C(F)(F)F)n1. The number of rotatable bonds is 4. The van der Waals surface area contributed by atoms with Gasteiger partial charge in [0.25, 0.3) is 0 Å². The van der Waals surface area contributed by atoms with E-state index >= 15 is 0 Å². The van der Waals surface area contributed by atoms with E-state index < -0.39 is 23.7 Å². The van der Waals surface area contributed by atoms with Crippen molar-refractivity contribution in [2.45, 2.75) is 12.8 Å². The molecular formula is C15H8ClF4N3O2. The van der Waals surface area contributed by atoms with E-state index in [9.17, 15) is 17.6 Å². The van der Waals surface area contributed by atoms with Gasteiger partial charge < -0.3 is 9.26 Å². The van der Waals surface area contributed by atoms with Crippen molar-refractivity contribution < 1.29 is 26.8 Å². The summed E-state index contributed by atoms with van der Waals surface area (Å²) in [5.41, 5.74) is 0.242. The largest absolute Gasteiger partial charge is 0.487 e. The van der Waals surface area contributed by atoms with Gasteiger partial charge in [0.2, 0.25) is 5.82 Å². The van der Waals surface area contributed by atoms with Crippen LogP contribution in [0.5, 0.6) is 5.75 Å². The Morgan fingerprint density at radius 1 is 1.16 bits per heavy atom. The number of benzene rings is 1. The first-order chi connectivity index (χ1) is 11.8. The minimum absolute atomic E-state index is 0.0283. The van der Waals surface area contributed by atoms with Gasteiger partial charge >= 0.3 is 12.1 Å². The molecule has 10 heteroatoms. The van der Waals surface area contributed by atoms with Crippen LogP contribution in [0, 0.1) is 5.82 Å². The average Bonchev–Trinajstić information content (AvgIpc) is 3.04. The molecule has 0 saturated carbocycles. The highest BCUT2D eigenvalue weighted by molar-refractivity contribution is 6.29. The van der Waals surface area contributed by atoms with Gasteiger partial charge in [0.05, 0.1) is 11.8 Å². The van der Waals surface area contributed by atoms with Gasteiger partial charge in [-0.2, -0.15) is 18.2 Å². The molecule has 2 heterocycles. The van der Waals surface area contributed by atoms with Crippen molar-refractivity contribution in [2.24, 2.45) is 0 Å². The first kappa shape index (κ1) is 17.2. The van der Waals surface area contributed by atoms with E-state index in [1.807, 2.05) is 0 Å². The van der Waals surface area contributed by atoms with Crippen molar-refractivity contribution in [3.05, 3.63) is 59.0 Å². The normalized spacial score (nSPS) is 11.6. The lowest BCUT2D eigenvalue weighted by atomic mass is 10.1. The number of halogens is 5. The summed E-state index contributed by atoms with van der Waals surface area (Å²) >= 11 is 5.65. The van der Waals surface area contributed by atoms with Crippen molar-refractivity contribution in [3.8, 4) is 17.1 Å². The second kappa shape index (κ2) is 6.67. The number of hydrogen-bond donors (Lipinski definition) is 0. The summed E-state index contributed by atoms with van der Waals surface area (Å²) in [5, 5.41) is 3.45. The monoisotopic (exact) mass is 373 g/mol. The first-order valence-electron chi connectivity index (χ1n) is 6.77. The fraction of sp³-hybridized carbons (Fsp3) is 0.133. The predicted molar refractivity (Wildman–Crippen MR) is 78.3 cm³/mol. The summed E-state index contributed by atoms with van der Waals surface area (Å²) in [4.78, 5) is 6.98. The molecule has 0 aliphatic rings. The van der Waals surface area contributed by atoms with Gasteiger partial charge in [0.15, 0.2) is 0 Å². The lowest BCUT2D eigenvalue weighted by molar-refractivity contribution is -0.159. The van der Waals surface area contributed by atoms with Crippen molar-refractivity contribution in [2.75, 3.05) is 0 Å². The van der Waals surface area contributed by atoms with Crippen LogP contribution in [0.15, 0.2) is 41.1 Å². The van der Waals surface area contributed by atoms with E-state index in [-0.39, 0.29) is 12.2 Å². The highest BCUT2D eigenvalue weighted by Gasteiger charge is 2.38. The van der Waals surface area contributed by atoms with Crippen LogP contribution in [-0.2, 0) is 12.8 Å². The predicted octanol–water partition coefficient (Wildman–Crippen LogP) is 4.52. The Kier molecular flexibility index (Phi) is 4.58. The molecule has 0 N–H and O–H groups in total. The molecule has 25 heavy (non-hydrogen) atoms. The summed E-state index contributed by atoms with van der Waals surface area (Å²) in [5.74, 6) is -2.39. The van der Waals surface area contributed by atoms with Gasteiger partial charge in [-0.05, 0) is 29.8 Å². The maximum Gasteiger partial charge on any atom is 0.471 e. The maximum atomic E-state index is 14.1. The fourth-order valence-electron chi connectivity index (χ4n) is 1.89. The molecule has 130 valence electrons. The summed E-state index contributed by atoms with van der Waals surface area (Å²) < 4.78 is 61.0. The van der Waals surface area contributed by atoms with Gasteiger partial charge in [0, 0.05) is 0 Å². The van der Waals surface area contributed by atoms with Crippen LogP contribution >= 0.6 is 11.6 Å². The first-order valence-corrected chi connectivity index (χ1v) is 7.15. The van der Waals surface area contributed by atoms with E-state index in [0.717, 1.165) is 6.07 Å². The molecule has 0 aliphatic carbocycles. The third-order valence-electron chi connectivity index (χ3n) is 3.05. The van der Waals surface area contributed by atoms with Gasteiger partial charge in [-0.15, -0.1) is 0 Å². The average molecular weight is 374 g/mol. The Bertz CT molecular complexity index is 881. The van der Waals surface area contributed by atoms with E-state index in [0.29, 0.717) is 16.5 Å². The zero-order valence-corrected chi connectivity index (χ0v) is 13.0. The van der Waals surface area contributed by atoms with Gasteiger partial charge in [-0.1, -0.05) is 22.8 Å². The van der Waals surface area contributed by atoms with Crippen LogP contribution in [-0.4, -0.2) is 15.1 Å². The number of pyridine rings is 1. The second-order valence-electron chi connectivity index (χ2n) is 4.84. The van der Waals surface area contributed by atoms with Crippen molar-refractivity contribution in [1.29, 1.82) is 0 Å². The molecule has 5 nitrogen and oxygen atoms in total. The molecule has 0 saturated heterocycles. The zero-order chi connectivity index (χ0) is 18.0. The molecule has 1 aromatic carbocycles. The lowest BCUT2D eigenvalue weighted by Crippen LogP contribution is -2.05. The van der Waals surface area contributed by atoms with Gasteiger partial charge in [-0.3, -0.25) is 0 Å². The molecule has 0 radical (unpaired) electrons. The molecule has 0 bridgehead atoms. The molecule has 0 aliphatic heterocycles. The quantitative estimate of drug-likeness (QED) is 0.497. The Hall–Kier alpha value is -2.68.